The maximum absolute atomic E-state index is 12.0. The van der Waals surface area contributed by atoms with E-state index in [2.05, 4.69) is 10.1 Å². The molecule has 30 heavy (non-hydrogen) atoms. The van der Waals surface area contributed by atoms with Gasteiger partial charge >= 0.3 is 0 Å². The largest absolute Gasteiger partial charge is 0.397 e. The highest BCUT2D eigenvalue weighted by Gasteiger charge is 2.26. The summed E-state index contributed by atoms with van der Waals surface area (Å²) in [6, 6.07) is 1.87. The minimum Gasteiger partial charge on any atom is -0.397 e. The summed E-state index contributed by atoms with van der Waals surface area (Å²) >= 11 is 1.46. The molecule has 0 bridgehead atoms. The van der Waals surface area contributed by atoms with Gasteiger partial charge in [0.25, 0.3) is 5.91 Å². The number of nitrogens with two attached hydrogens (primary N) is 2. The van der Waals surface area contributed by atoms with E-state index in [1.807, 2.05) is 31.5 Å². The van der Waals surface area contributed by atoms with Crippen molar-refractivity contribution < 1.29 is 9.53 Å². The number of anilines is 1. The fourth-order valence-electron chi connectivity index (χ4n) is 3.62. The topological polar surface area (TPSA) is 126 Å². The molecule has 4 aromatic heterocycles. The second kappa shape index (κ2) is 7.54. The Labute approximate surface area is 177 Å². The van der Waals surface area contributed by atoms with Crippen LogP contribution in [-0.2, 0) is 11.3 Å². The zero-order valence-electron chi connectivity index (χ0n) is 17.3. The van der Waals surface area contributed by atoms with E-state index in [1.54, 1.807) is 17.8 Å². The number of fused-ring (bicyclic) bond motifs is 1. The first-order valence-electron chi connectivity index (χ1n) is 9.39. The number of hydrogen-bond donors (Lipinski definition) is 2. The van der Waals surface area contributed by atoms with Crippen LogP contribution >= 0.6 is 11.3 Å². The number of amides is 1. The summed E-state index contributed by atoms with van der Waals surface area (Å²) < 4.78 is 8.88. The molecule has 0 spiro atoms. The molecule has 0 saturated heterocycles. The van der Waals surface area contributed by atoms with Crippen molar-refractivity contribution in [3.05, 3.63) is 41.1 Å². The molecule has 0 aliphatic heterocycles. The summed E-state index contributed by atoms with van der Waals surface area (Å²) in [4.78, 5) is 18.0. The van der Waals surface area contributed by atoms with Crippen LogP contribution in [0.4, 0.5) is 5.69 Å². The Hall–Kier alpha value is -3.24. The fourth-order valence-corrected chi connectivity index (χ4v) is 4.99. The molecule has 10 heteroatoms. The van der Waals surface area contributed by atoms with E-state index in [9.17, 15) is 4.79 Å². The summed E-state index contributed by atoms with van der Waals surface area (Å²) in [6.07, 6.45) is 3.12. The summed E-state index contributed by atoms with van der Waals surface area (Å²) in [5.41, 5.74) is 17.9. The monoisotopic (exact) mass is 425 g/mol. The molecule has 0 radical (unpaired) electrons. The van der Waals surface area contributed by atoms with Crippen molar-refractivity contribution in [2.75, 3.05) is 19.5 Å². The van der Waals surface area contributed by atoms with Crippen LogP contribution in [0.3, 0.4) is 0 Å². The molecule has 0 atom stereocenters. The van der Waals surface area contributed by atoms with E-state index in [0.717, 1.165) is 38.8 Å². The number of pyridine rings is 1. The van der Waals surface area contributed by atoms with E-state index in [1.165, 1.54) is 17.5 Å². The van der Waals surface area contributed by atoms with Crippen LogP contribution in [0.1, 0.15) is 27.4 Å². The number of nitrogen functional groups attached to an aromatic ring is 1. The van der Waals surface area contributed by atoms with Gasteiger partial charge in [-0.15, -0.1) is 11.3 Å². The molecule has 4 N–H and O–H groups in total. The first-order chi connectivity index (χ1) is 14.3. The first-order valence-corrected chi connectivity index (χ1v) is 10.2. The lowest BCUT2D eigenvalue weighted by Gasteiger charge is -2.09. The number of carbonyl (C=O) groups excluding carboxylic acids is 1. The molecule has 156 valence electrons. The summed E-state index contributed by atoms with van der Waals surface area (Å²) in [6.45, 7) is 7.12. The second-order valence-corrected chi connectivity index (χ2v) is 8.08. The molecular weight excluding hydrogens is 402 g/mol. The lowest BCUT2D eigenvalue weighted by atomic mass is 10.0. The average molecular weight is 426 g/mol. The number of primary amides is 1. The molecule has 9 nitrogen and oxygen atoms in total. The Morgan fingerprint density at radius 1 is 1.23 bits per heavy atom. The Kier molecular flexibility index (Phi) is 5.04. The van der Waals surface area contributed by atoms with Crippen LogP contribution in [0, 0.1) is 20.8 Å². The smallest absolute Gasteiger partial charge is 0.253 e. The quantitative estimate of drug-likeness (QED) is 0.489. The van der Waals surface area contributed by atoms with Crippen LogP contribution in [0.25, 0.3) is 26.5 Å². The Bertz CT molecular complexity index is 1270. The fraction of sp³-hybridized carbons (Fsp3) is 0.300. The minimum atomic E-state index is -0.518. The maximum Gasteiger partial charge on any atom is 0.253 e. The molecule has 0 saturated carbocycles. The number of aryl methyl sites for hydroxylation is 2. The third-order valence-electron chi connectivity index (χ3n) is 5.10. The van der Waals surface area contributed by atoms with E-state index < -0.39 is 5.91 Å². The second-order valence-electron chi connectivity index (χ2n) is 7.08. The molecule has 4 rings (SSSR count). The van der Waals surface area contributed by atoms with Gasteiger partial charge in [0.1, 0.15) is 4.83 Å². The molecule has 0 aliphatic rings. The zero-order valence-corrected chi connectivity index (χ0v) is 18.1. The van der Waals surface area contributed by atoms with Gasteiger partial charge in [-0.1, -0.05) is 0 Å². The van der Waals surface area contributed by atoms with Gasteiger partial charge in [-0.2, -0.15) is 10.2 Å². The molecule has 4 heterocycles. The molecule has 0 fully saturated rings. The van der Waals surface area contributed by atoms with Crippen LogP contribution < -0.4 is 11.5 Å². The number of rotatable bonds is 6. The van der Waals surface area contributed by atoms with Crippen molar-refractivity contribution in [3.8, 4) is 21.7 Å². The minimum absolute atomic E-state index is 0.379. The van der Waals surface area contributed by atoms with E-state index in [0.29, 0.717) is 29.2 Å². The predicted octanol–water partition coefficient (Wildman–Crippen LogP) is 2.57. The van der Waals surface area contributed by atoms with Gasteiger partial charge in [-0.05, 0) is 26.8 Å². The van der Waals surface area contributed by atoms with Crippen molar-refractivity contribution in [2.45, 2.75) is 27.3 Å². The third-order valence-corrected chi connectivity index (χ3v) is 6.28. The molecule has 0 unspecified atom stereocenters. The Balaban J connectivity index is 2.05. The van der Waals surface area contributed by atoms with E-state index in [4.69, 9.17) is 21.3 Å². The van der Waals surface area contributed by atoms with Gasteiger partial charge in [0, 0.05) is 29.6 Å². The van der Waals surface area contributed by atoms with Crippen molar-refractivity contribution in [2.24, 2.45) is 5.73 Å². The number of methoxy groups -OCH3 is 1. The first kappa shape index (κ1) is 20.0. The number of carbonyl (C=O) groups is 1. The molecular formula is C20H23N7O2S. The van der Waals surface area contributed by atoms with E-state index in [-0.39, 0.29) is 0 Å². The number of ether oxygens (including phenoxy) is 1. The Morgan fingerprint density at radius 2 is 2.00 bits per heavy atom. The highest BCUT2D eigenvalue weighted by atomic mass is 32.1. The third kappa shape index (κ3) is 3.14. The van der Waals surface area contributed by atoms with Crippen LogP contribution in [0.5, 0.6) is 0 Å². The maximum atomic E-state index is 12.0. The number of thiazole rings is 1. The molecule has 1 amide bonds. The highest BCUT2D eigenvalue weighted by Crippen LogP contribution is 2.43. The highest BCUT2D eigenvalue weighted by molar-refractivity contribution is 7.21. The number of nitrogens with zero attached hydrogens (tertiary/aromatic N) is 5. The zero-order chi connectivity index (χ0) is 21.6. The lowest BCUT2D eigenvalue weighted by molar-refractivity contribution is 0.100. The van der Waals surface area contributed by atoms with Gasteiger partial charge in [-0.25, -0.2) is 4.52 Å². The van der Waals surface area contributed by atoms with Crippen LogP contribution in [0.2, 0.25) is 0 Å². The average Bonchev–Trinajstić information content (AvgIpc) is 3.33. The van der Waals surface area contributed by atoms with Gasteiger partial charge in [0.2, 0.25) is 0 Å². The SMILES string of the molecule is COCCn1nc(C)c(-c2sc3c(C(N)=O)cnn3c2-c2cc(N)cnc2C)c1C. The molecule has 4 aromatic rings. The normalized spacial score (nSPS) is 11.5. The van der Waals surface area contributed by atoms with Gasteiger partial charge < -0.3 is 16.2 Å². The van der Waals surface area contributed by atoms with Gasteiger partial charge in [0.05, 0.1) is 53.1 Å². The van der Waals surface area contributed by atoms with Crippen molar-refractivity contribution in [1.82, 2.24) is 24.4 Å². The number of aromatic nitrogens is 5. The van der Waals surface area contributed by atoms with Crippen molar-refractivity contribution >= 4 is 27.8 Å². The van der Waals surface area contributed by atoms with Gasteiger partial charge in [0.15, 0.2) is 0 Å². The van der Waals surface area contributed by atoms with Gasteiger partial charge in [-0.3, -0.25) is 14.5 Å². The summed E-state index contributed by atoms with van der Waals surface area (Å²) in [5.74, 6) is -0.518. The van der Waals surface area contributed by atoms with Crippen molar-refractivity contribution in [1.29, 1.82) is 0 Å². The summed E-state index contributed by atoms with van der Waals surface area (Å²) in [5, 5.41) is 9.15. The van der Waals surface area contributed by atoms with E-state index >= 15 is 0 Å². The lowest BCUT2D eigenvalue weighted by Crippen LogP contribution is -2.09. The predicted molar refractivity (Wildman–Crippen MR) is 117 cm³/mol. The number of hydrogen-bond acceptors (Lipinski definition) is 7. The Morgan fingerprint density at radius 3 is 2.70 bits per heavy atom. The molecule has 0 aliphatic carbocycles. The van der Waals surface area contributed by atoms with Crippen LogP contribution in [-0.4, -0.2) is 44.0 Å². The van der Waals surface area contributed by atoms with Crippen LogP contribution in [0.15, 0.2) is 18.5 Å². The summed E-state index contributed by atoms with van der Waals surface area (Å²) in [7, 11) is 1.67. The standard InChI is InChI=1S/C20H23N7O2S/c1-10-14(7-13(21)8-23-10)17-18(30-20-15(19(22)28)9-24-27(17)20)16-11(2)25-26(12(16)3)5-6-29-4/h7-9H,5-6,21H2,1-4H3,(H2,22,28). The van der Waals surface area contributed by atoms with Crippen molar-refractivity contribution in [3.63, 3.8) is 0 Å². The molecule has 0 aromatic carbocycles.